The topological polar surface area (TPSA) is 7.76 Å². The molecule has 0 aliphatic carbocycles. The van der Waals surface area contributed by atoms with Gasteiger partial charge in [-0.1, -0.05) is 60.7 Å². The molecular weight excluding hydrogens is 376 g/mol. The highest BCUT2D eigenvalue weighted by atomic mass is 15.0. The van der Waals surface area contributed by atoms with Crippen LogP contribution in [0.4, 0.5) is 0 Å². The Labute approximate surface area is 184 Å². The normalized spacial score (nSPS) is 11.9. The highest BCUT2D eigenvalue weighted by molar-refractivity contribution is 5.89. The molecule has 0 aliphatic rings. The lowest BCUT2D eigenvalue weighted by molar-refractivity contribution is -0.695. The van der Waals surface area contributed by atoms with Gasteiger partial charge in [0, 0.05) is 12.1 Å². The summed E-state index contributed by atoms with van der Waals surface area (Å²) in [4.78, 5) is 0. The SMILES string of the molecule is Cc1ccccc1C(C)(c1c2ccccc2cc[n+]1C)c1c2ccccc2cc[n+]1C. The van der Waals surface area contributed by atoms with E-state index in [1.807, 2.05) is 0 Å². The fourth-order valence-electron chi connectivity index (χ4n) is 5.37. The smallest absolute Gasteiger partial charge is 0.203 e. The Morgan fingerprint density at radius 1 is 0.581 bits per heavy atom. The Bertz CT molecular complexity index is 1350. The van der Waals surface area contributed by atoms with Gasteiger partial charge >= 0.3 is 0 Å². The number of pyridine rings is 2. The van der Waals surface area contributed by atoms with Crippen molar-refractivity contribution in [1.82, 2.24) is 0 Å². The van der Waals surface area contributed by atoms with Gasteiger partial charge in [0.2, 0.25) is 11.4 Å². The zero-order chi connectivity index (χ0) is 21.6. The third-order valence-corrected chi connectivity index (χ3v) is 6.72. The van der Waals surface area contributed by atoms with Crippen LogP contribution < -0.4 is 9.13 Å². The van der Waals surface area contributed by atoms with Crippen LogP contribution in [-0.4, -0.2) is 0 Å². The van der Waals surface area contributed by atoms with Crippen molar-refractivity contribution in [2.75, 3.05) is 0 Å². The Hall–Kier alpha value is -3.52. The van der Waals surface area contributed by atoms with Crippen LogP contribution in [0, 0.1) is 6.92 Å². The predicted octanol–water partition coefficient (Wildman–Crippen LogP) is 5.30. The van der Waals surface area contributed by atoms with Crippen LogP contribution in [0.25, 0.3) is 21.5 Å². The van der Waals surface area contributed by atoms with E-state index in [0.29, 0.717) is 0 Å². The van der Waals surface area contributed by atoms with E-state index in [0.717, 1.165) is 0 Å². The maximum absolute atomic E-state index is 2.39. The van der Waals surface area contributed by atoms with Gasteiger partial charge in [0.05, 0.1) is 10.8 Å². The maximum Gasteiger partial charge on any atom is 0.210 e. The minimum atomic E-state index is -0.365. The molecule has 31 heavy (non-hydrogen) atoms. The second-order valence-electron chi connectivity index (χ2n) is 8.66. The third kappa shape index (κ3) is 2.94. The largest absolute Gasteiger partial charge is 0.210 e. The lowest BCUT2D eigenvalue weighted by Gasteiger charge is -2.29. The summed E-state index contributed by atoms with van der Waals surface area (Å²) < 4.78 is 4.60. The fourth-order valence-corrected chi connectivity index (χ4v) is 5.37. The molecule has 152 valence electrons. The quantitative estimate of drug-likeness (QED) is 0.360. The zero-order valence-electron chi connectivity index (χ0n) is 18.6. The van der Waals surface area contributed by atoms with Gasteiger partial charge in [-0.2, -0.15) is 0 Å². The summed E-state index contributed by atoms with van der Waals surface area (Å²) in [6.45, 7) is 4.61. The molecule has 0 aliphatic heterocycles. The molecule has 2 heteroatoms. The number of aryl methyl sites for hydroxylation is 3. The lowest BCUT2D eigenvalue weighted by atomic mass is 9.71. The van der Waals surface area contributed by atoms with E-state index in [-0.39, 0.29) is 5.41 Å². The Balaban J connectivity index is 2.02. The van der Waals surface area contributed by atoms with Crippen LogP contribution in [0.5, 0.6) is 0 Å². The molecule has 0 spiro atoms. The van der Waals surface area contributed by atoms with Crippen molar-refractivity contribution in [2.24, 2.45) is 14.1 Å². The van der Waals surface area contributed by atoms with Crippen LogP contribution in [0.3, 0.4) is 0 Å². The summed E-state index contributed by atoms with van der Waals surface area (Å²) in [5.41, 5.74) is 4.86. The second kappa shape index (κ2) is 7.31. The van der Waals surface area contributed by atoms with Crippen LogP contribution in [0.2, 0.25) is 0 Å². The number of aromatic nitrogens is 2. The van der Waals surface area contributed by atoms with Gasteiger partial charge in [0.1, 0.15) is 14.1 Å². The van der Waals surface area contributed by atoms with Gasteiger partial charge in [-0.3, -0.25) is 0 Å². The van der Waals surface area contributed by atoms with Gasteiger partial charge in [0.25, 0.3) is 0 Å². The molecule has 2 heterocycles. The molecule has 0 saturated heterocycles. The molecule has 0 atom stereocenters. The monoisotopic (exact) mass is 404 g/mol. The van der Waals surface area contributed by atoms with E-state index in [1.165, 1.54) is 44.1 Å². The zero-order valence-corrected chi connectivity index (χ0v) is 18.6. The first-order valence-electron chi connectivity index (χ1n) is 10.8. The molecule has 5 aromatic rings. The van der Waals surface area contributed by atoms with Crippen molar-refractivity contribution in [3.8, 4) is 0 Å². The Kier molecular flexibility index (Phi) is 4.59. The Morgan fingerprint density at radius 2 is 1.03 bits per heavy atom. The standard InChI is InChI=1S/C29H28N2/c1-21-11-5-10-16-26(21)29(2,27-24-14-8-6-12-22(24)17-19-30(27)3)28-25-15-9-7-13-23(25)18-20-31(28)4/h5-20H,1-4H3/q+2. The predicted molar refractivity (Wildman–Crippen MR) is 127 cm³/mol. The first-order chi connectivity index (χ1) is 15.0. The molecule has 5 rings (SSSR count). The Morgan fingerprint density at radius 3 is 1.55 bits per heavy atom. The molecule has 0 bridgehead atoms. The van der Waals surface area contributed by atoms with E-state index in [2.05, 4.69) is 134 Å². The average Bonchev–Trinajstić information content (AvgIpc) is 2.78. The number of hydrogen-bond donors (Lipinski definition) is 0. The van der Waals surface area contributed by atoms with Gasteiger partial charge in [-0.25, -0.2) is 9.13 Å². The van der Waals surface area contributed by atoms with E-state index in [1.54, 1.807) is 0 Å². The highest BCUT2D eigenvalue weighted by Crippen LogP contribution is 2.42. The fraction of sp³-hybridized carbons (Fsp3) is 0.172. The molecule has 2 aromatic heterocycles. The number of fused-ring (bicyclic) bond motifs is 2. The van der Waals surface area contributed by atoms with E-state index >= 15 is 0 Å². The van der Waals surface area contributed by atoms with Crippen LogP contribution in [0.1, 0.15) is 29.4 Å². The number of rotatable bonds is 3. The molecule has 0 saturated carbocycles. The van der Waals surface area contributed by atoms with E-state index < -0.39 is 0 Å². The van der Waals surface area contributed by atoms with Crippen molar-refractivity contribution >= 4 is 21.5 Å². The summed E-state index contributed by atoms with van der Waals surface area (Å²) in [6.07, 6.45) is 4.39. The molecule has 3 aromatic carbocycles. The number of nitrogens with zero attached hydrogens (tertiary/aromatic N) is 2. The van der Waals surface area contributed by atoms with Crippen molar-refractivity contribution in [1.29, 1.82) is 0 Å². The maximum atomic E-state index is 2.39. The summed E-state index contributed by atoms with van der Waals surface area (Å²) in [5, 5.41) is 5.09. The highest BCUT2D eigenvalue weighted by Gasteiger charge is 2.47. The molecule has 0 fully saturated rings. The molecule has 0 N–H and O–H groups in total. The summed E-state index contributed by atoms with van der Waals surface area (Å²) in [5.74, 6) is 0. The van der Waals surface area contributed by atoms with Gasteiger partial charge in [-0.05, 0) is 47.9 Å². The van der Waals surface area contributed by atoms with Crippen LogP contribution in [0.15, 0.2) is 97.3 Å². The third-order valence-electron chi connectivity index (χ3n) is 6.72. The van der Waals surface area contributed by atoms with Crippen molar-refractivity contribution < 1.29 is 9.13 Å². The summed E-state index contributed by atoms with van der Waals surface area (Å²) in [7, 11) is 4.34. The van der Waals surface area contributed by atoms with Gasteiger partial charge < -0.3 is 0 Å². The lowest BCUT2D eigenvalue weighted by Crippen LogP contribution is -2.50. The average molecular weight is 405 g/mol. The van der Waals surface area contributed by atoms with Gasteiger partial charge in [0.15, 0.2) is 17.8 Å². The minimum absolute atomic E-state index is 0.365. The second-order valence-corrected chi connectivity index (χ2v) is 8.66. The molecule has 0 radical (unpaired) electrons. The molecule has 0 amide bonds. The van der Waals surface area contributed by atoms with Crippen LogP contribution in [-0.2, 0) is 19.5 Å². The number of hydrogen-bond acceptors (Lipinski definition) is 0. The minimum Gasteiger partial charge on any atom is -0.203 e. The molecule has 0 unspecified atom stereocenters. The van der Waals surface area contributed by atoms with E-state index in [4.69, 9.17) is 0 Å². The molecule has 2 nitrogen and oxygen atoms in total. The number of benzene rings is 3. The van der Waals surface area contributed by atoms with Crippen molar-refractivity contribution in [3.05, 3.63) is 120 Å². The first-order valence-corrected chi connectivity index (χ1v) is 10.8. The first kappa shape index (κ1) is 19.4. The summed E-state index contributed by atoms with van der Waals surface area (Å²) in [6, 6.07) is 30.7. The van der Waals surface area contributed by atoms with Crippen molar-refractivity contribution in [3.63, 3.8) is 0 Å². The molecular formula is C29H28N2+2. The summed E-state index contributed by atoms with van der Waals surface area (Å²) >= 11 is 0. The van der Waals surface area contributed by atoms with Gasteiger partial charge in [-0.15, -0.1) is 0 Å². The van der Waals surface area contributed by atoms with Crippen LogP contribution >= 0.6 is 0 Å². The van der Waals surface area contributed by atoms with E-state index in [9.17, 15) is 0 Å². The van der Waals surface area contributed by atoms with Crippen molar-refractivity contribution in [2.45, 2.75) is 19.3 Å².